The van der Waals surface area contributed by atoms with Gasteiger partial charge in [-0.3, -0.25) is 4.79 Å². The van der Waals surface area contributed by atoms with Crippen molar-refractivity contribution in [1.29, 1.82) is 0 Å². The van der Waals surface area contributed by atoms with E-state index < -0.39 is 0 Å². The fourth-order valence-corrected chi connectivity index (χ4v) is 3.07. The Hall–Kier alpha value is -1.75. The SMILES string of the molecule is CCNC(=O)c1ccc(N)cc1N1CC2CCC(C1)O2. The smallest absolute Gasteiger partial charge is 0.253 e. The molecular formula is C15H21N3O2. The fraction of sp³-hybridized carbons (Fsp3) is 0.533. The van der Waals surface area contributed by atoms with Crippen LogP contribution in [0.3, 0.4) is 0 Å². The first-order chi connectivity index (χ1) is 9.67. The largest absolute Gasteiger partial charge is 0.399 e. The van der Waals surface area contributed by atoms with Crippen molar-refractivity contribution in [3.63, 3.8) is 0 Å². The van der Waals surface area contributed by atoms with Crippen LogP contribution in [-0.2, 0) is 4.74 Å². The number of hydrogen-bond acceptors (Lipinski definition) is 4. The first-order valence-electron chi connectivity index (χ1n) is 7.25. The van der Waals surface area contributed by atoms with Gasteiger partial charge in [-0.15, -0.1) is 0 Å². The summed E-state index contributed by atoms with van der Waals surface area (Å²) in [6.45, 7) is 4.22. The van der Waals surface area contributed by atoms with E-state index in [1.54, 1.807) is 6.07 Å². The summed E-state index contributed by atoms with van der Waals surface area (Å²) in [5.41, 5.74) is 8.21. The van der Waals surface area contributed by atoms with Crippen molar-refractivity contribution in [2.24, 2.45) is 0 Å². The lowest BCUT2D eigenvalue weighted by molar-refractivity contribution is 0.0304. The van der Waals surface area contributed by atoms with Gasteiger partial charge >= 0.3 is 0 Å². The second kappa shape index (κ2) is 5.32. The molecule has 2 unspecified atom stereocenters. The monoisotopic (exact) mass is 275 g/mol. The number of benzene rings is 1. The predicted molar refractivity (Wildman–Crippen MR) is 79.0 cm³/mol. The minimum atomic E-state index is -0.0404. The number of hydrogen-bond donors (Lipinski definition) is 2. The van der Waals surface area contributed by atoms with Gasteiger partial charge in [-0.05, 0) is 38.0 Å². The van der Waals surface area contributed by atoms with Gasteiger partial charge < -0.3 is 20.7 Å². The summed E-state index contributed by atoms with van der Waals surface area (Å²) in [5.74, 6) is -0.0404. The van der Waals surface area contributed by atoms with Crippen LogP contribution in [0.4, 0.5) is 11.4 Å². The van der Waals surface area contributed by atoms with Crippen LogP contribution >= 0.6 is 0 Å². The summed E-state index contributed by atoms with van der Waals surface area (Å²) in [6.07, 6.45) is 2.80. The molecule has 20 heavy (non-hydrogen) atoms. The molecule has 2 bridgehead atoms. The van der Waals surface area contributed by atoms with Gasteiger partial charge in [0.15, 0.2) is 0 Å². The van der Waals surface area contributed by atoms with E-state index in [0.717, 1.165) is 31.6 Å². The summed E-state index contributed by atoms with van der Waals surface area (Å²) < 4.78 is 5.85. The second-order valence-electron chi connectivity index (χ2n) is 5.50. The molecule has 0 spiro atoms. The molecule has 2 heterocycles. The van der Waals surface area contributed by atoms with Crippen LogP contribution in [-0.4, -0.2) is 37.7 Å². The minimum Gasteiger partial charge on any atom is -0.399 e. The number of carbonyl (C=O) groups is 1. The standard InChI is InChI=1S/C15H21N3O2/c1-2-17-15(19)13-6-3-10(16)7-14(13)18-8-11-4-5-12(9-18)20-11/h3,6-7,11-12H,2,4-5,8-9,16H2,1H3,(H,17,19). The number of nitrogens with two attached hydrogens (primary N) is 1. The molecule has 0 aliphatic carbocycles. The van der Waals surface area contributed by atoms with Gasteiger partial charge in [0.2, 0.25) is 0 Å². The molecule has 108 valence electrons. The number of amides is 1. The fourth-order valence-electron chi connectivity index (χ4n) is 3.07. The number of nitrogen functional groups attached to an aromatic ring is 1. The molecule has 1 aromatic rings. The average Bonchev–Trinajstić information content (AvgIpc) is 2.77. The zero-order valence-electron chi connectivity index (χ0n) is 11.8. The third kappa shape index (κ3) is 2.45. The number of nitrogens with one attached hydrogen (secondary N) is 1. The van der Waals surface area contributed by atoms with Crippen molar-refractivity contribution in [1.82, 2.24) is 5.32 Å². The Morgan fingerprint density at radius 1 is 1.40 bits per heavy atom. The summed E-state index contributed by atoms with van der Waals surface area (Å²) in [6, 6.07) is 5.49. The van der Waals surface area contributed by atoms with E-state index in [4.69, 9.17) is 10.5 Å². The first-order valence-corrected chi connectivity index (χ1v) is 7.25. The van der Waals surface area contributed by atoms with Crippen molar-refractivity contribution in [2.45, 2.75) is 32.0 Å². The molecule has 2 aliphatic heterocycles. The number of rotatable bonds is 3. The van der Waals surface area contributed by atoms with Crippen LogP contribution < -0.4 is 16.0 Å². The Morgan fingerprint density at radius 3 is 2.75 bits per heavy atom. The summed E-state index contributed by atoms with van der Waals surface area (Å²) in [5, 5.41) is 2.86. The van der Waals surface area contributed by atoms with Crippen LogP contribution in [0.1, 0.15) is 30.1 Å². The number of anilines is 2. The first kappa shape index (κ1) is 13.2. The van der Waals surface area contributed by atoms with E-state index in [-0.39, 0.29) is 18.1 Å². The number of morpholine rings is 1. The Kier molecular flexibility index (Phi) is 3.53. The third-order valence-corrected chi connectivity index (χ3v) is 3.99. The third-order valence-electron chi connectivity index (χ3n) is 3.99. The topological polar surface area (TPSA) is 67.6 Å². The number of carbonyl (C=O) groups excluding carboxylic acids is 1. The molecule has 2 saturated heterocycles. The summed E-state index contributed by atoms with van der Waals surface area (Å²) >= 11 is 0. The van der Waals surface area contributed by atoms with E-state index >= 15 is 0 Å². The van der Waals surface area contributed by atoms with Crippen LogP contribution in [0.5, 0.6) is 0 Å². The highest BCUT2D eigenvalue weighted by molar-refractivity contribution is 6.00. The molecule has 0 radical (unpaired) electrons. The highest BCUT2D eigenvalue weighted by Gasteiger charge is 2.34. The molecule has 5 nitrogen and oxygen atoms in total. The molecule has 3 N–H and O–H groups in total. The number of ether oxygens (including phenoxy) is 1. The summed E-state index contributed by atoms with van der Waals surface area (Å²) in [4.78, 5) is 14.4. The molecule has 5 heteroatoms. The normalized spacial score (nSPS) is 24.8. The molecule has 2 fully saturated rings. The van der Waals surface area contributed by atoms with E-state index in [9.17, 15) is 4.79 Å². The van der Waals surface area contributed by atoms with Crippen LogP contribution in [0.15, 0.2) is 18.2 Å². The van der Waals surface area contributed by atoms with Gasteiger partial charge in [0.05, 0.1) is 23.5 Å². The molecule has 0 saturated carbocycles. The van der Waals surface area contributed by atoms with Gasteiger partial charge in [0.25, 0.3) is 5.91 Å². The lowest BCUT2D eigenvalue weighted by Gasteiger charge is -2.35. The van der Waals surface area contributed by atoms with Gasteiger partial charge in [-0.1, -0.05) is 0 Å². The highest BCUT2D eigenvalue weighted by Crippen LogP contribution is 2.32. The summed E-state index contributed by atoms with van der Waals surface area (Å²) in [7, 11) is 0. The van der Waals surface area contributed by atoms with Crippen molar-refractivity contribution < 1.29 is 9.53 Å². The van der Waals surface area contributed by atoms with Crippen LogP contribution in [0.2, 0.25) is 0 Å². The molecule has 3 rings (SSSR count). The maximum absolute atomic E-state index is 12.2. The van der Waals surface area contributed by atoms with Crippen LogP contribution in [0.25, 0.3) is 0 Å². The van der Waals surface area contributed by atoms with Crippen molar-refractivity contribution in [2.75, 3.05) is 30.3 Å². The van der Waals surface area contributed by atoms with E-state index in [1.807, 2.05) is 19.1 Å². The molecule has 2 aliphatic rings. The average molecular weight is 275 g/mol. The van der Waals surface area contributed by atoms with Gasteiger partial charge in [-0.25, -0.2) is 0 Å². The Bertz CT molecular complexity index is 506. The molecule has 1 amide bonds. The highest BCUT2D eigenvalue weighted by atomic mass is 16.5. The lowest BCUT2D eigenvalue weighted by atomic mass is 10.1. The minimum absolute atomic E-state index is 0.0404. The van der Waals surface area contributed by atoms with E-state index in [2.05, 4.69) is 10.2 Å². The molecule has 0 aromatic heterocycles. The van der Waals surface area contributed by atoms with E-state index in [0.29, 0.717) is 17.8 Å². The van der Waals surface area contributed by atoms with Gasteiger partial charge in [0.1, 0.15) is 0 Å². The Balaban J connectivity index is 1.91. The van der Waals surface area contributed by atoms with Crippen molar-refractivity contribution >= 4 is 17.3 Å². The molecule has 2 atom stereocenters. The van der Waals surface area contributed by atoms with Crippen molar-refractivity contribution in [3.8, 4) is 0 Å². The number of fused-ring (bicyclic) bond motifs is 2. The maximum Gasteiger partial charge on any atom is 0.253 e. The lowest BCUT2D eigenvalue weighted by Crippen LogP contribution is -2.43. The zero-order chi connectivity index (χ0) is 14.1. The zero-order valence-corrected chi connectivity index (χ0v) is 11.8. The van der Waals surface area contributed by atoms with E-state index in [1.165, 1.54) is 0 Å². The van der Waals surface area contributed by atoms with Gasteiger partial charge in [-0.2, -0.15) is 0 Å². The maximum atomic E-state index is 12.2. The molecule has 1 aromatic carbocycles. The second-order valence-corrected chi connectivity index (χ2v) is 5.50. The Labute approximate surface area is 119 Å². The predicted octanol–water partition coefficient (Wildman–Crippen LogP) is 1.39. The van der Waals surface area contributed by atoms with Crippen molar-refractivity contribution in [3.05, 3.63) is 23.8 Å². The van der Waals surface area contributed by atoms with Gasteiger partial charge in [0, 0.05) is 25.3 Å². The quantitative estimate of drug-likeness (QED) is 0.818. The molecular weight excluding hydrogens is 254 g/mol. The Morgan fingerprint density at radius 2 is 2.10 bits per heavy atom. The number of nitrogens with zero attached hydrogens (tertiary/aromatic N) is 1. The van der Waals surface area contributed by atoms with Crippen LogP contribution in [0, 0.1) is 0 Å².